The van der Waals surface area contributed by atoms with Gasteiger partial charge in [0.25, 0.3) is 0 Å². The number of carbonyl (C=O) groups excluding carboxylic acids is 1. The number of hydrogen-bond donors (Lipinski definition) is 1. The first kappa shape index (κ1) is 16.7. The summed E-state index contributed by atoms with van der Waals surface area (Å²) in [6.07, 6.45) is 2.14. The van der Waals surface area contributed by atoms with E-state index in [4.69, 9.17) is 0 Å². The van der Waals surface area contributed by atoms with Crippen LogP contribution in [0.1, 0.15) is 18.5 Å². The minimum absolute atomic E-state index is 0.0681. The average Bonchev–Trinajstić information content (AvgIpc) is 3.08. The first-order chi connectivity index (χ1) is 11.6. The summed E-state index contributed by atoms with van der Waals surface area (Å²) in [6, 6.07) is 4.29. The van der Waals surface area contributed by atoms with Crippen molar-refractivity contribution >= 4 is 28.2 Å². The summed E-state index contributed by atoms with van der Waals surface area (Å²) in [5, 5.41) is 19.3. The highest BCUT2D eigenvalue weighted by Crippen LogP contribution is 2.20. The van der Waals surface area contributed by atoms with E-state index in [0.717, 1.165) is 37.4 Å². The molecule has 1 saturated heterocycles. The number of anilines is 2. The quantitative estimate of drug-likeness (QED) is 0.869. The molecule has 1 aliphatic rings. The Labute approximate surface area is 144 Å². The molecule has 1 N–H and O–H groups in total. The van der Waals surface area contributed by atoms with E-state index in [1.807, 2.05) is 26.1 Å². The van der Waals surface area contributed by atoms with Gasteiger partial charge in [0.15, 0.2) is 5.82 Å². The lowest BCUT2D eigenvalue weighted by Gasteiger charge is -2.37. The monoisotopic (exact) mass is 347 g/mol. The summed E-state index contributed by atoms with van der Waals surface area (Å²) in [6.45, 7) is 4.08. The molecule has 9 heteroatoms. The molecule has 2 aromatic heterocycles. The van der Waals surface area contributed by atoms with Gasteiger partial charge in [-0.25, -0.2) is 0 Å². The summed E-state index contributed by atoms with van der Waals surface area (Å²) >= 11 is 1.32. The molecule has 1 aliphatic heterocycles. The van der Waals surface area contributed by atoms with E-state index < -0.39 is 0 Å². The summed E-state index contributed by atoms with van der Waals surface area (Å²) in [5.41, 5.74) is 2.51. The lowest BCUT2D eigenvalue weighted by Crippen LogP contribution is -2.48. The number of nitrogens with zero attached hydrogens (tertiary/aromatic N) is 6. The van der Waals surface area contributed by atoms with Gasteiger partial charge in [0, 0.05) is 19.1 Å². The largest absolute Gasteiger partial charge is 0.354 e. The first-order valence-electron chi connectivity index (χ1n) is 7.93. The van der Waals surface area contributed by atoms with Crippen LogP contribution in [0.5, 0.6) is 0 Å². The van der Waals surface area contributed by atoms with Crippen LogP contribution < -0.4 is 10.2 Å². The van der Waals surface area contributed by atoms with Gasteiger partial charge >= 0.3 is 0 Å². The van der Waals surface area contributed by atoms with Crippen LogP contribution in [0.4, 0.5) is 10.9 Å². The van der Waals surface area contributed by atoms with Gasteiger partial charge in [0.2, 0.25) is 11.0 Å². The van der Waals surface area contributed by atoms with E-state index in [0.29, 0.717) is 17.7 Å². The molecule has 0 saturated carbocycles. The van der Waals surface area contributed by atoms with Crippen molar-refractivity contribution in [3.05, 3.63) is 23.3 Å². The van der Waals surface area contributed by atoms with Gasteiger partial charge in [-0.3, -0.25) is 15.0 Å². The van der Waals surface area contributed by atoms with Crippen LogP contribution in [-0.2, 0) is 4.79 Å². The van der Waals surface area contributed by atoms with E-state index in [-0.39, 0.29) is 5.91 Å². The molecule has 0 unspecified atom stereocenters. The molecule has 0 aliphatic carbocycles. The Kier molecular flexibility index (Phi) is 5.31. The molecule has 0 aromatic carbocycles. The Balaban J connectivity index is 1.55. The zero-order valence-electron chi connectivity index (χ0n) is 13.8. The van der Waals surface area contributed by atoms with Crippen molar-refractivity contribution in [2.75, 3.05) is 36.9 Å². The molecular formula is C15H21N7OS. The zero-order chi connectivity index (χ0) is 16.9. The highest BCUT2D eigenvalue weighted by Gasteiger charge is 2.25. The molecule has 3 heterocycles. The standard InChI is InChI=1S/C15H21N7OS/c1-11-5-6-13(19-18-11)22-7-3-4-12(8-22)21(2)9-14(23)17-15-20-16-10-24-15/h5-6,10,12H,3-4,7-9H2,1-2H3,(H,17,20,23)/t12-/m0/s1. The van der Waals surface area contributed by atoms with Crippen molar-refractivity contribution in [2.24, 2.45) is 0 Å². The van der Waals surface area contributed by atoms with Crippen molar-refractivity contribution in [3.63, 3.8) is 0 Å². The molecule has 3 rings (SSSR count). The van der Waals surface area contributed by atoms with Gasteiger partial charge in [-0.15, -0.1) is 15.3 Å². The maximum Gasteiger partial charge on any atom is 0.240 e. The number of amides is 1. The van der Waals surface area contributed by atoms with Crippen LogP contribution in [0.15, 0.2) is 17.6 Å². The van der Waals surface area contributed by atoms with Crippen LogP contribution in [-0.4, -0.2) is 63.9 Å². The molecular weight excluding hydrogens is 326 g/mol. The minimum atomic E-state index is -0.0681. The van der Waals surface area contributed by atoms with Crippen molar-refractivity contribution < 1.29 is 4.79 Å². The third-order valence-electron chi connectivity index (χ3n) is 4.13. The number of rotatable bonds is 5. The van der Waals surface area contributed by atoms with Crippen molar-refractivity contribution in [1.82, 2.24) is 25.3 Å². The molecule has 8 nitrogen and oxygen atoms in total. The van der Waals surface area contributed by atoms with E-state index in [9.17, 15) is 4.79 Å². The average molecular weight is 347 g/mol. The number of piperidine rings is 1. The first-order valence-corrected chi connectivity index (χ1v) is 8.81. The number of aryl methyl sites for hydroxylation is 1. The molecule has 0 spiro atoms. The second-order valence-electron chi connectivity index (χ2n) is 5.98. The Morgan fingerprint density at radius 2 is 2.29 bits per heavy atom. The Morgan fingerprint density at radius 3 is 3.00 bits per heavy atom. The second-order valence-corrected chi connectivity index (χ2v) is 6.82. The Bertz CT molecular complexity index is 661. The van der Waals surface area contributed by atoms with Gasteiger partial charge in [-0.2, -0.15) is 5.10 Å². The molecule has 1 atom stereocenters. The number of aromatic nitrogens is 4. The van der Waals surface area contributed by atoms with Crippen molar-refractivity contribution in [2.45, 2.75) is 25.8 Å². The normalized spacial score (nSPS) is 18.0. The SMILES string of the molecule is Cc1ccc(N2CCC[C@H](N(C)CC(=O)Nc3nncs3)C2)nn1. The number of likely N-dealkylation sites (N-methyl/N-ethyl adjacent to an activating group) is 1. The van der Waals surface area contributed by atoms with Crippen LogP contribution in [0.3, 0.4) is 0 Å². The van der Waals surface area contributed by atoms with Crippen molar-refractivity contribution in [3.8, 4) is 0 Å². The highest BCUT2D eigenvalue weighted by atomic mass is 32.1. The minimum Gasteiger partial charge on any atom is -0.354 e. The van der Waals surface area contributed by atoms with Gasteiger partial charge in [-0.1, -0.05) is 11.3 Å². The van der Waals surface area contributed by atoms with E-state index in [1.54, 1.807) is 5.51 Å². The third kappa shape index (κ3) is 4.24. The fourth-order valence-electron chi connectivity index (χ4n) is 2.83. The maximum atomic E-state index is 12.1. The summed E-state index contributed by atoms with van der Waals surface area (Å²) < 4.78 is 0. The van der Waals surface area contributed by atoms with Crippen LogP contribution in [0.25, 0.3) is 0 Å². The molecule has 0 radical (unpaired) electrons. The Morgan fingerprint density at radius 1 is 1.42 bits per heavy atom. The van der Waals surface area contributed by atoms with Gasteiger partial charge in [0.05, 0.1) is 12.2 Å². The van der Waals surface area contributed by atoms with Crippen LogP contribution >= 0.6 is 11.3 Å². The highest BCUT2D eigenvalue weighted by molar-refractivity contribution is 7.13. The topological polar surface area (TPSA) is 87.1 Å². The second kappa shape index (κ2) is 7.63. The van der Waals surface area contributed by atoms with Crippen molar-refractivity contribution in [1.29, 1.82) is 0 Å². The molecule has 1 amide bonds. The maximum absolute atomic E-state index is 12.1. The predicted molar refractivity (Wildman–Crippen MR) is 93.2 cm³/mol. The lowest BCUT2D eigenvalue weighted by molar-refractivity contribution is -0.117. The lowest BCUT2D eigenvalue weighted by atomic mass is 10.0. The fraction of sp³-hybridized carbons (Fsp3) is 0.533. The van der Waals surface area contributed by atoms with Gasteiger partial charge < -0.3 is 4.90 Å². The summed E-state index contributed by atoms with van der Waals surface area (Å²) in [5.74, 6) is 0.832. The predicted octanol–water partition coefficient (Wildman–Crippen LogP) is 1.18. The number of carbonyl (C=O) groups is 1. The molecule has 1 fully saturated rings. The molecule has 128 valence electrons. The van der Waals surface area contributed by atoms with Gasteiger partial charge in [0.1, 0.15) is 5.51 Å². The molecule has 24 heavy (non-hydrogen) atoms. The summed E-state index contributed by atoms with van der Waals surface area (Å²) in [4.78, 5) is 16.4. The zero-order valence-corrected chi connectivity index (χ0v) is 14.7. The third-order valence-corrected chi connectivity index (χ3v) is 4.73. The number of hydrogen-bond acceptors (Lipinski definition) is 8. The van der Waals surface area contributed by atoms with E-state index >= 15 is 0 Å². The molecule has 0 bridgehead atoms. The number of nitrogens with one attached hydrogen (secondary N) is 1. The fourth-order valence-corrected chi connectivity index (χ4v) is 3.29. The Hall–Kier alpha value is -2.13. The van der Waals surface area contributed by atoms with Crippen LogP contribution in [0.2, 0.25) is 0 Å². The van der Waals surface area contributed by atoms with E-state index in [1.165, 1.54) is 11.3 Å². The summed E-state index contributed by atoms with van der Waals surface area (Å²) in [7, 11) is 1.98. The van der Waals surface area contributed by atoms with Crippen LogP contribution in [0, 0.1) is 6.92 Å². The molecule has 2 aromatic rings. The van der Waals surface area contributed by atoms with E-state index in [2.05, 4.69) is 35.5 Å². The van der Waals surface area contributed by atoms with Gasteiger partial charge in [-0.05, 0) is 38.9 Å². The smallest absolute Gasteiger partial charge is 0.240 e.